The Morgan fingerprint density at radius 1 is 0.500 bits per heavy atom. The van der Waals surface area contributed by atoms with Crippen molar-refractivity contribution in [1.82, 2.24) is 16.0 Å². The second kappa shape index (κ2) is 24.4. The van der Waals surface area contributed by atoms with Crippen LogP contribution in [0.2, 0.25) is 0 Å². The summed E-state index contributed by atoms with van der Waals surface area (Å²) in [4.78, 5) is 0. The molecular weight excluding hydrogens is 749 g/mol. The summed E-state index contributed by atoms with van der Waals surface area (Å²) >= 11 is 0. The highest BCUT2D eigenvalue weighted by Gasteiger charge is 2.28. The first kappa shape index (κ1) is 51.7. The summed E-state index contributed by atoms with van der Waals surface area (Å²) < 4.78 is 16.7. The number of ether oxygens (including phenoxy) is 3. The van der Waals surface area contributed by atoms with E-state index >= 15 is 0 Å². The highest BCUT2D eigenvalue weighted by molar-refractivity contribution is 5.86. The zero-order chi connectivity index (χ0) is 33.6. The summed E-state index contributed by atoms with van der Waals surface area (Å²) in [7, 11) is 5.31. The van der Waals surface area contributed by atoms with Gasteiger partial charge in [0.2, 0.25) is 0 Å². The van der Waals surface area contributed by atoms with Gasteiger partial charge in [-0.15, -0.1) is 37.2 Å². The smallest absolute Gasteiger partial charge is 0.119 e. The minimum atomic E-state index is 0. The van der Waals surface area contributed by atoms with E-state index in [0.29, 0.717) is 42.2 Å². The van der Waals surface area contributed by atoms with E-state index in [1.165, 1.54) is 84.7 Å². The van der Waals surface area contributed by atoms with E-state index in [2.05, 4.69) is 91.3 Å². The van der Waals surface area contributed by atoms with Crippen molar-refractivity contribution < 1.29 is 30.6 Å². The number of fused-ring (bicyclic) bond motifs is 3. The number of hydrogen-bond donors (Lipinski definition) is 3. The van der Waals surface area contributed by atoms with E-state index in [9.17, 15) is 0 Å². The van der Waals surface area contributed by atoms with Gasteiger partial charge in [0, 0.05) is 36.3 Å². The molecule has 3 heterocycles. The number of halogens is 3. The van der Waals surface area contributed by atoms with Gasteiger partial charge in [0.15, 0.2) is 0 Å². The molecule has 9 nitrogen and oxygen atoms in total. The molecule has 3 aliphatic heterocycles. The largest absolute Gasteiger partial charge is 0.497 e. The molecule has 0 bridgehead atoms. The third-order valence-electron chi connectivity index (χ3n) is 11.3. The van der Waals surface area contributed by atoms with Gasteiger partial charge < -0.3 is 46.6 Å². The molecule has 308 valence electrons. The predicted molar refractivity (Wildman–Crippen MR) is 229 cm³/mol. The van der Waals surface area contributed by atoms with E-state index in [0.717, 1.165) is 36.5 Å². The fourth-order valence-corrected chi connectivity index (χ4v) is 8.88. The summed E-state index contributed by atoms with van der Waals surface area (Å²) in [5.41, 5.74) is 8.73. The summed E-state index contributed by atoms with van der Waals surface area (Å²) in [5, 5.41) is 11.8. The summed E-state index contributed by atoms with van der Waals surface area (Å²) in [6.07, 6.45) is 13.0. The molecule has 6 atom stereocenters. The molecule has 0 amide bonds. The van der Waals surface area contributed by atoms with Crippen LogP contribution in [0, 0.1) is 5.92 Å². The third-order valence-corrected chi connectivity index (χ3v) is 11.3. The van der Waals surface area contributed by atoms with Gasteiger partial charge in [-0.2, -0.15) is 0 Å². The van der Waals surface area contributed by atoms with Crippen molar-refractivity contribution in [2.45, 2.75) is 128 Å². The van der Waals surface area contributed by atoms with Crippen LogP contribution in [0.3, 0.4) is 0 Å². The van der Waals surface area contributed by atoms with Crippen LogP contribution in [0.4, 0.5) is 0 Å². The molecule has 9 N–H and O–H groups in total. The lowest BCUT2D eigenvalue weighted by Gasteiger charge is -2.34. The van der Waals surface area contributed by atoms with E-state index in [1.807, 2.05) is 0 Å². The number of methoxy groups -OCH3 is 3. The average molecular weight is 817 g/mol. The van der Waals surface area contributed by atoms with E-state index in [4.69, 9.17) is 14.2 Å². The van der Waals surface area contributed by atoms with Crippen molar-refractivity contribution >= 4 is 37.2 Å². The first-order valence-corrected chi connectivity index (χ1v) is 18.6. The Morgan fingerprint density at radius 3 is 1.17 bits per heavy atom. The van der Waals surface area contributed by atoms with Crippen molar-refractivity contribution in [1.29, 1.82) is 0 Å². The molecule has 12 heteroatoms. The van der Waals surface area contributed by atoms with Gasteiger partial charge in [0.25, 0.3) is 0 Å². The van der Waals surface area contributed by atoms with Gasteiger partial charge in [0.05, 0.1) is 21.3 Å². The number of benzene rings is 3. The van der Waals surface area contributed by atoms with Crippen LogP contribution in [0.1, 0.15) is 124 Å². The summed E-state index contributed by atoms with van der Waals surface area (Å²) in [6.45, 7) is 6.96. The molecule has 0 aliphatic carbocycles. The number of nitrogens with one attached hydrogen (secondary N) is 3. The van der Waals surface area contributed by atoms with Gasteiger partial charge in [-0.25, -0.2) is 0 Å². The number of hydrogen-bond acceptors (Lipinski definition) is 6. The first-order valence-electron chi connectivity index (χ1n) is 18.6. The monoisotopic (exact) mass is 815 g/mol. The summed E-state index contributed by atoms with van der Waals surface area (Å²) in [5.74, 6) is 3.60. The topological polar surface area (TPSA) is 158 Å². The first-order chi connectivity index (χ1) is 23.3. The second-order valence-electron chi connectivity index (χ2n) is 15.0. The lowest BCUT2D eigenvalue weighted by Crippen LogP contribution is -2.38. The highest BCUT2D eigenvalue weighted by Crippen LogP contribution is 2.37. The minimum Gasteiger partial charge on any atom is -0.497 e. The Kier molecular flexibility index (Phi) is 23.3. The van der Waals surface area contributed by atoms with Gasteiger partial charge in [0.1, 0.15) is 17.2 Å². The molecule has 0 saturated heterocycles. The van der Waals surface area contributed by atoms with Crippen molar-refractivity contribution in [2.75, 3.05) is 21.3 Å². The van der Waals surface area contributed by atoms with Crippen LogP contribution in [0.25, 0.3) is 0 Å². The average Bonchev–Trinajstić information content (AvgIpc) is 3.09. The van der Waals surface area contributed by atoms with Crippen molar-refractivity contribution in [3.05, 3.63) is 88.0 Å². The van der Waals surface area contributed by atoms with Gasteiger partial charge in [-0.3, -0.25) is 0 Å². The van der Waals surface area contributed by atoms with Crippen molar-refractivity contribution in [3.63, 3.8) is 0 Å². The van der Waals surface area contributed by atoms with Crippen LogP contribution in [-0.4, -0.2) is 55.9 Å². The normalized spacial score (nSPS) is 22.6. The fourth-order valence-electron chi connectivity index (χ4n) is 8.88. The maximum absolute atomic E-state index is 5.57. The molecule has 3 aromatic carbocycles. The Hall–Kier alpha value is -2.31. The maximum atomic E-state index is 5.57. The van der Waals surface area contributed by atoms with Gasteiger partial charge >= 0.3 is 0 Å². The van der Waals surface area contributed by atoms with Crippen molar-refractivity contribution in [2.24, 2.45) is 5.92 Å². The molecule has 54 heavy (non-hydrogen) atoms. The molecule has 6 rings (SSSR count). The Morgan fingerprint density at radius 2 is 0.833 bits per heavy atom. The zero-order valence-corrected chi connectivity index (χ0v) is 35.4. The third kappa shape index (κ3) is 12.9. The van der Waals surface area contributed by atoms with Crippen LogP contribution in [0.15, 0.2) is 54.6 Å². The molecule has 3 aromatic rings. The van der Waals surface area contributed by atoms with Crippen LogP contribution < -0.4 is 30.2 Å². The SMILES string of the molecule is COc1ccc2c(c1)CC(C)NC2CCCCC(CCC1NC(C)Cc2cc(OC)ccc21)CCC1NC(C)Cc2cc(OC)ccc21.Cl.Cl.Cl.O.O.O. The fraction of sp³-hybridized carbons (Fsp3) is 0.571. The van der Waals surface area contributed by atoms with Crippen molar-refractivity contribution in [3.8, 4) is 17.2 Å². The van der Waals surface area contributed by atoms with Crippen LogP contribution >= 0.6 is 37.2 Å². The molecule has 3 aliphatic rings. The number of rotatable bonds is 14. The maximum Gasteiger partial charge on any atom is 0.119 e. The standard InChI is InChI=1S/C42H59N3O3.3ClH.3H2O/c1-27-21-31-24-34(46-4)13-16-37(31)40(43-27)10-8-7-9-30(11-19-41-38-17-14-35(47-5)25-32(38)22-28(2)44-41)12-20-42-39-18-15-36(48-6)26-33(39)23-29(3)45-42;;;;;;/h13-18,24-30,40-45H,7-12,19-23H2,1-6H3;3*1H;3*1H2. The van der Waals surface area contributed by atoms with E-state index in [-0.39, 0.29) is 53.6 Å². The summed E-state index contributed by atoms with van der Waals surface area (Å²) in [6, 6.07) is 22.7. The lowest BCUT2D eigenvalue weighted by molar-refractivity contribution is 0.303. The second-order valence-corrected chi connectivity index (χ2v) is 15.0. The minimum absolute atomic E-state index is 0. The van der Waals surface area contributed by atoms with Crippen LogP contribution in [0.5, 0.6) is 17.2 Å². The molecular formula is C42H68Cl3N3O6. The Bertz CT molecular complexity index is 1460. The molecule has 0 radical (unpaired) electrons. The number of unbranched alkanes of at least 4 members (excludes halogenated alkanes) is 1. The Labute approximate surface area is 342 Å². The molecule has 6 unspecified atom stereocenters. The molecule has 0 spiro atoms. The predicted octanol–water partition coefficient (Wildman–Crippen LogP) is 7.37. The quantitative estimate of drug-likeness (QED) is 0.144. The molecule has 0 aromatic heterocycles. The van der Waals surface area contributed by atoms with Gasteiger partial charge in [-0.1, -0.05) is 37.5 Å². The highest BCUT2D eigenvalue weighted by atomic mass is 35.5. The van der Waals surface area contributed by atoms with E-state index < -0.39 is 0 Å². The molecule has 0 saturated carbocycles. The molecule has 0 fully saturated rings. The Balaban J connectivity index is 0.00000468. The zero-order valence-electron chi connectivity index (χ0n) is 33.0. The lowest BCUT2D eigenvalue weighted by atomic mass is 9.82. The van der Waals surface area contributed by atoms with Gasteiger partial charge in [-0.05, 0) is 148 Å². The van der Waals surface area contributed by atoms with E-state index in [1.54, 1.807) is 21.3 Å². The van der Waals surface area contributed by atoms with Crippen LogP contribution in [-0.2, 0) is 19.3 Å².